The number of amides is 2. The highest BCUT2D eigenvalue weighted by Gasteiger charge is 2.45. The van der Waals surface area contributed by atoms with Gasteiger partial charge in [-0.05, 0) is 32.3 Å². The fraction of sp³-hybridized carbons (Fsp3) is 0.750. The van der Waals surface area contributed by atoms with Crippen LogP contribution in [-0.4, -0.2) is 48.1 Å². The van der Waals surface area contributed by atoms with E-state index in [1.165, 1.54) is 30.2 Å². The molecule has 0 bridgehead atoms. The summed E-state index contributed by atoms with van der Waals surface area (Å²) in [7, 11) is 0. The van der Waals surface area contributed by atoms with E-state index in [1.807, 2.05) is 6.92 Å². The van der Waals surface area contributed by atoms with Crippen molar-refractivity contribution in [3.05, 3.63) is 12.7 Å². The average Bonchev–Trinajstić information content (AvgIpc) is 2.86. The summed E-state index contributed by atoms with van der Waals surface area (Å²) < 4.78 is 5.98. The van der Waals surface area contributed by atoms with Gasteiger partial charge >= 0.3 is 0 Å². The number of nitrogens with zero attached hydrogens (tertiary/aromatic N) is 1. The molecule has 118 valence electrons. The van der Waals surface area contributed by atoms with Crippen molar-refractivity contribution in [3.8, 4) is 0 Å². The van der Waals surface area contributed by atoms with E-state index in [0.717, 1.165) is 19.3 Å². The van der Waals surface area contributed by atoms with Crippen molar-refractivity contribution in [2.24, 2.45) is 0 Å². The van der Waals surface area contributed by atoms with Gasteiger partial charge in [-0.2, -0.15) is 0 Å². The Kier molecular flexibility index (Phi) is 5.39. The summed E-state index contributed by atoms with van der Waals surface area (Å²) in [5, 5.41) is 3.09. The molecule has 0 radical (unpaired) electrons. The Bertz CT molecular complexity index is 402. The quantitative estimate of drug-likeness (QED) is 0.784. The molecular weight excluding hydrogens is 268 g/mol. The van der Waals surface area contributed by atoms with Gasteiger partial charge in [0.15, 0.2) is 0 Å². The summed E-state index contributed by atoms with van der Waals surface area (Å²) in [6.07, 6.45) is 7.77. The number of ether oxygens (including phenoxy) is 1. The number of likely N-dealkylation sites (N-methyl/N-ethyl adjacent to an activating group) is 1. The summed E-state index contributed by atoms with van der Waals surface area (Å²) in [6.45, 7) is 6.63. The largest absolute Gasteiger partial charge is 0.373 e. The Morgan fingerprint density at radius 2 is 2.10 bits per heavy atom. The van der Waals surface area contributed by atoms with Gasteiger partial charge in [0.05, 0.1) is 18.2 Å². The van der Waals surface area contributed by atoms with Crippen LogP contribution >= 0.6 is 0 Å². The lowest BCUT2D eigenvalue weighted by atomic mass is 9.79. The number of nitrogens with one attached hydrogen (secondary N) is 1. The molecular formula is C16H26N2O3. The molecule has 0 aromatic rings. The van der Waals surface area contributed by atoms with Crippen molar-refractivity contribution in [1.82, 2.24) is 10.2 Å². The maximum Gasteiger partial charge on any atom is 0.246 e. The number of carbonyl (C=O) groups excluding carboxylic acids is 2. The Morgan fingerprint density at radius 3 is 2.71 bits per heavy atom. The molecule has 1 spiro atoms. The number of rotatable bonds is 5. The fourth-order valence-corrected chi connectivity index (χ4v) is 3.48. The van der Waals surface area contributed by atoms with Gasteiger partial charge in [-0.1, -0.05) is 25.8 Å². The molecule has 1 atom stereocenters. The summed E-state index contributed by atoms with van der Waals surface area (Å²) in [5.41, 5.74) is -0.159. The SMILES string of the molecule is C=CC(=O)N(CC)CC(=O)NC1CCOC12CCCCC2. The Morgan fingerprint density at radius 1 is 1.38 bits per heavy atom. The fourth-order valence-electron chi connectivity index (χ4n) is 3.48. The monoisotopic (exact) mass is 294 g/mol. The molecule has 1 saturated carbocycles. The lowest BCUT2D eigenvalue weighted by molar-refractivity contribution is -0.133. The molecule has 2 fully saturated rings. The van der Waals surface area contributed by atoms with E-state index in [0.29, 0.717) is 13.2 Å². The maximum absolute atomic E-state index is 12.2. The molecule has 2 aliphatic rings. The first-order valence-corrected chi connectivity index (χ1v) is 7.96. The van der Waals surface area contributed by atoms with E-state index in [1.54, 1.807) is 0 Å². The van der Waals surface area contributed by atoms with Crippen molar-refractivity contribution in [3.63, 3.8) is 0 Å². The molecule has 0 aromatic carbocycles. The molecule has 1 aliphatic carbocycles. The van der Waals surface area contributed by atoms with Gasteiger partial charge < -0.3 is 15.0 Å². The van der Waals surface area contributed by atoms with Crippen molar-refractivity contribution >= 4 is 11.8 Å². The van der Waals surface area contributed by atoms with E-state index >= 15 is 0 Å². The van der Waals surface area contributed by atoms with Crippen molar-refractivity contribution in [1.29, 1.82) is 0 Å². The van der Waals surface area contributed by atoms with Crippen LogP contribution in [0.15, 0.2) is 12.7 Å². The van der Waals surface area contributed by atoms with E-state index in [-0.39, 0.29) is 30.0 Å². The van der Waals surface area contributed by atoms with Crippen LogP contribution in [0.1, 0.15) is 45.4 Å². The van der Waals surface area contributed by atoms with Gasteiger partial charge in [-0.3, -0.25) is 9.59 Å². The Hall–Kier alpha value is -1.36. The van der Waals surface area contributed by atoms with E-state index in [2.05, 4.69) is 11.9 Å². The zero-order chi connectivity index (χ0) is 15.3. The van der Waals surface area contributed by atoms with Crippen LogP contribution in [0.25, 0.3) is 0 Å². The van der Waals surface area contributed by atoms with Crippen LogP contribution in [0.3, 0.4) is 0 Å². The topological polar surface area (TPSA) is 58.6 Å². The highest BCUT2D eigenvalue weighted by molar-refractivity contribution is 5.90. The molecule has 1 unspecified atom stereocenters. The summed E-state index contributed by atoms with van der Waals surface area (Å²) in [5.74, 6) is -0.310. The van der Waals surface area contributed by atoms with Gasteiger partial charge in [0.25, 0.3) is 0 Å². The second kappa shape index (κ2) is 7.07. The van der Waals surface area contributed by atoms with Gasteiger partial charge in [0, 0.05) is 13.2 Å². The molecule has 21 heavy (non-hydrogen) atoms. The highest BCUT2D eigenvalue weighted by Crippen LogP contribution is 2.39. The highest BCUT2D eigenvalue weighted by atomic mass is 16.5. The molecule has 1 heterocycles. The molecule has 1 saturated heterocycles. The van der Waals surface area contributed by atoms with Gasteiger partial charge in [-0.25, -0.2) is 0 Å². The smallest absolute Gasteiger partial charge is 0.246 e. The summed E-state index contributed by atoms with van der Waals surface area (Å²) >= 11 is 0. The first-order valence-electron chi connectivity index (χ1n) is 7.96. The van der Waals surface area contributed by atoms with Crippen molar-refractivity contribution < 1.29 is 14.3 Å². The molecule has 5 heteroatoms. The van der Waals surface area contributed by atoms with Gasteiger partial charge in [0.2, 0.25) is 11.8 Å². The predicted molar refractivity (Wildman–Crippen MR) is 80.8 cm³/mol. The second-order valence-corrected chi connectivity index (χ2v) is 5.94. The zero-order valence-electron chi connectivity index (χ0n) is 12.9. The maximum atomic E-state index is 12.2. The van der Waals surface area contributed by atoms with Crippen LogP contribution in [0.2, 0.25) is 0 Å². The minimum atomic E-state index is -0.206. The van der Waals surface area contributed by atoms with Crippen LogP contribution in [-0.2, 0) is 14.3 Å². The van der Waals surface area contributed by atoms with Crippen LogP contribution in [0.5, 0.6) is 0 Å². The molecule has 0 aromatic heterocycles. The van der Waals surface area contributed by atoms with E-state index in [9.17, 15) is 9.59 Å². The second-order valence-electron chi connectivity index (χ2n) is 5.94. The summed E-state index contributed by atoms with van der Waals surface area (Å²) in [6, 6.07) is 0.0860. The third kappa shape index (κ3) is 3.64. The lowest BCUT2D eigenvalue weighted by Crippen LogP contribution is -2.53. The van der Waals surface area contributed by atoms with Crippen LogP contribution in [0, 0.1) is 0 Å². The molecule has 2 amide bonds. The standard InChI is InChI=1S/C16H26N2O3/c1-3-15(20)18(4-2)12-14(19)17-13-8-11-21-16(13)9-6-5-7-10-16/h3,13H,1,4-12H2,2H3,(H,17,19). The van der Waals surface area contributed by atoms with E-state index in [4.69, 9.17) is 4.74 Å². The Balaban J connectivity index is 1.92. The van der Waals surface area contributed by atoms with Crippen LogP contribution in [0.4, 0.5) is 0 Å². The minimum absolute atomic E-state index is 0.0860. The third-order valence-electron chi connectivity index (χ3n) is 4.67. The van der Waals surface area contributed by atoms with Crippen molar-refractivity contribution in [2.45, 2.75) is 57.1 Å². The minimum Gasteiger partial charge on any atom is -0.373 e. The molecule has 1 N–H and O–H groups in total. The summed E-state index contributed by atoms with van der Waals surface area (Å²) in [4.78, 5) is 25.3. The van der Waals surface area contributed by atoms with Crippen LogP contribution < -0.4 is 5.32 Å². The predicted octanol–water partition coefficient (Wildman–Crippen LogP) is 1.63. The Labute approximate surface area is 126 Å². The van der Waals surface area contributed by atoms with Gasteiger partial charge in [-0.15, -0.1) is 0 Å². The molecule has 5 nitrogen and oxygen atoms in total. The third-order valence-corrected chi connectivity index (χ3v) is 4.67. The number of hydrogen-bond acceptors (Lipinski definition) is 3. The molecule has 1 aliphatic heterocycles. The number of carbonyl (C=O) groups is 2. The first kappa shape index (κ1) is 16.0. The van der Waals surface area contributed by atoms with Crippen molar-refractivity contribution in [2.75, 3.05) is 19.7 Å². The zero-order valence-corrected chi connectivity index (χ0v) is 12.9. The lowest BCUT2D eigenvalue weighted by Gasteiger charge is -2.38. The normalized spacial score (nSPS) is 23.8. The van der Waals surface area contributed by atoms with Gasteiger partial charge in [0.1, 0.15) is 0 Å². The number of hydrogen-bond donors (Lipinski definition) is 1. The molecule has 2 rings (SSSR count). The first-order chi connectivity index (χ1) is 10.1. The van der Waals surface area contributed by atoms with E-state index < -0.39 is 0 Å². The average molecular weight is 294 g/mol.